The zero-order chi connectivity index (χ0) is 16.6. The van der Waals surface area contributed by atoms with Crippen LogP contribution in [0.5, 0.6) is 0 Å². The minimum absolute atomic E-state index is 0.117. The number of amides is 3. The summed E-state index contributed by atoms with van der Waals surface area (Å²) in [5.41, 5.74) is 0.600. The van der Waals surface area contributed by atoms with Gasteiger partial charge in [-0.05, 0) is 25.0 Å². The average Bonchev–Trinajstić information content (AvgIpc) is 3.06. The molecule has 3 rings (SSSR count). The molecule has 0 aromatic heterocycles. The van der Waals surface area contributed by atoms with Crippen molar-refractivity contribution < 1.29 is 24.3 Å². The van der Waals surface area contributed by atoms with Gasteiger partial charge in [0.2, 0.25) is 5.91 Å². The van der Waals surface area contributed by atoms with Crippen molar-refractivity contribution in [2.75, 3.05) is 13.1 Å². The lowest BCUT2D eigenvalue weighted by Crippen LogP contribution is -2.45. The van der Waals surface area contributed by atoms with E-state index in [0.717, 1.165) is 11.3 Å². The third-order valence-electron chi connectivity index (χ3n) is 4.28. The van der Waals surface area contributed by atoms with Gasteiger partial charge in [-0.2, -0.15) is 0 Å². The second-order valence-corrected chi connectivity index (χ2v) is 5.72. The Kier molecular flexibility index (Phi) is 3.85. The van der Waals surface area contributed by atoms with Gasteiger partial charge in [0.05, 0.1) is 17.5 Å². The third-order valence-corrected chi connectivity index (χ3v) is 4.28. The van der Waals surface area contributed by atoms with Crippen LogP contribution in [0.3, 0.4) is 0 Å². The highest BCUT2D eigenvalue weighted by molar-refractivity contribution is 6.22. The van der Waals surface area contributed by atoms with Crippen LogP contribution >= 0.6 is 0 Å². The highest BCUT2D eigenvalue weighted by atomic mass is 16.4. The molecule has 1 saturated heterocycles. The van der Waals surface area contributed by atoms with Crippen molar-refractivity contribution >= 4 is 23.7 Å². The van der Waals surface area contributed by atoms with E-state index in [1.165, 1.54) is 4.90 Å². The van der Waals surface area contributed by atoms with Gasteiger partial charge in [0.1, 0.15) is 6.54 Å². The van der Waals surface area contributed by atoms with Crippen LogP contribution in [0.4, 0.5) is 0 Å². The molecule has 1 atom stereocenters. The van der Waals surface area contributed by atoms with Crippen LogP contribution in [0.2, 0.25) is 0 Å². The number of carboxylic acids is 1. The number of aliphatic carboxylic acids is 1. The first-order chi connectivity index (χ1) is 11.0. The molecule has 7 nitrogen and oxygen atoms in total. The normalized spacial score (nSPS) is 20.1. The van der Waals surface area contributed by atoms with Crippen molar-refractivity contribution in [1.29, 1.82) is 0 Å². The van der Waals surface area contributed by atoms with Gasteiger partial charge in [0.15, 0.2) is 0 Å². The Morgan fingerprint density at radius 3 is 2.30 bits per heavy atom. The zero-order valence-corrected chi connectivity index (χ0v) is 12.4. The summed E-state index contributed by atoms with van der Waals surface area (Å²) in [7, 11) is 0. The van der Waals surface area contributed by atoms with E-state index in [0.29, 0.717) is 24.1 Å². The Morgan fingerprint density at radius 1 is 1.13 bits per heavy atom. The number of likely N-dealkylation sites (tertiary alicyclic amines) is 1. The van der Waals surface area contributed by atoms with Crippen LogP contribution in [-0.4, -0.2) is 57.7 Å². The van der Waals surface area contributed by atoms with Crippen LogP contribution in [0.15, 0.2) is 24.3 Å². The fourth-order valence-corrected chi connectivity index (χ4v) is 3.19. The topological polar surface area (TPSA) is 95.0 Å². The van der Waals surface area contributed by atoms with Gasteiger partial charge in [0, 0.05) is 12.6 Å². The number of hydrogen-bond donors (Lipinski definition) is 1. The predicted molar refractivity (Wildman–Crippen MR) is 78.8 cm³/mol. The summed E-state index contributed by atoms with van der Waals surface area (Å²) in [6, 6.07) is 6.08. The summed E-state index contributed by atoms with van der Waals surface area (Å²) in [4.78, 5) is 50.2. The second kappa shape index (κ2) is 5.83. The fraction of sp³-hybridized carbons (Fsp3) is 0.375. The summed E-state index contributed by atoms with van der Waals surface area (Å²) in [6.45, 7) is 0.114. The van der Waals surface area contributed by atoms with Crippen molar-refractivity contribution in [3.05, 3.63) is 35.4 Å². The van der Waals surface area contributed by atoms with Crippen LogP contribution in [0.25, 0.3) is 0 Å². The molecule has 23 heavy (non-hydrogen) atoms. The molecule has 1 fully saturated rings. The van der Waals surface area contributed by atoms with Crippen molar-refractivity contribution in [2.45, 2.75) is 25.3 Å². The largest absolute Gasteiger partial charge is 0.481 e. The summed E-state index contributed by atoms with van der Waals surface area (Å²) in [5.74, 6) is -2.31. The van der Waals surface area contributed by atoms with Gasteiger partial charge in [-0.25, -0.2) is 0 Å². The molecule has 2 aliphatic rings. The Hall–Kier alpha value is -2.70. The van der Waals surface area contributed by atoms with Crippen molar-refractivity contribution in [3.8, 4) is 0 Å². The van der Waals surface area contributed by atoms with E-state index in [1.54, 1.807) is 24.3 Å². The highest BCUT2D eigenvalue weighted by Gasteiger charge is 2.38. The molecule has 1 aromatic carbocycles. The summed E-state index contributed by atoms with van der Waals surface area (Å²) in [5, 5.41) is 8.90. The fourth-order valence-electron chi connectivity index (χ4n) is 3.19. The molecule has 2 heterocycles. The number of imide groups is 1. The number of fused-ring (bicyclic) bond motifs is 1. The first kappa shape index (κ1) is 15.2. The molecule has 1 N–H and O–H groups in total. The number of benzene rings is 1. The first-order valence-corrected chi connectivity index (χ1v) is 7.45. The maximum Gasteiger partial charge on any atom is 0.305 e. The van der Waals surface area contributed by atoms with Gasteiger partial charge < -0.3 is 10.0 Å². The minimum Gasteiger partial charge on any atom is -0.481 e. The molecule has 0 radical (unpaired) electrons. The van der Waals surface area contributed by atoms with Crippen molar-refractivity contribution in [2.24, 2.45) is 0 Å². The van der Waals surface area contributed by atoms with Gasteiger partial charge in [0.25, 0.3) is 11.8 Å². The summed E-state index contributed by atoms with van der Waals surface area (Å²) in [6.07, 6.45) is 1.24. The number of carbonyl (C=O) groups excluding carboxylic acids is 3. The van der Waals surface area contributed by atoms with Crippen molar-refractivity contribution in [1.82, 2.24) is 9.80 Å². The molecule has 1 unspecified atom stereocenters. The smallest absolute Gasteiger partial charge is 0.305 e. The highest BCUT2D eigenvalue weighted by Crippen LogP contribution is 2.24. The van der Waals surface area contributed by atoms with E-state index in [2.05, 4.69) is 0 Å². The maximum atomic E-state index is 12.4. The first-order valence-electron chi connectivity index (χ1n) is 7.45. The van der Waals surface area contributed by atoms with E-state index >= 15 is 0 Å². The molecule has 2 aliphatic heterocycles. The Balaban J connectivity index is 1.73. The quantitative estimate of drug-likeness (QED) is 0.827. The maximum absolute atomic E-state index is 12.4. The number of carboxylic acid groups (broad SMARTS) is 1. The third kappa shape index (κ3) is 2.69. The van der Waals surface area contributed by atoms with Crippen LogP contribution in [0.1, 0.15) is 40.0 Å². The van der Waals surface area contributed by atoms with E-state index in [9.17, 15) is 19.2 Å². The monoisotopic (exact) mass is 316 g/mol. The molecule has 0 bridgehead atoms. The second-order valence-electron chi connectivity index (χ2n) is 5.72. The van der Waals surface area contributed by atoms with E-state index in [1.807, 2.05) is 0 Å². The molecule has 7 heteroatoms. The summed E-state index contributed by atoms with van der Waals surface area (Å²) < 4.78 is 0. The molecule has 3 amide bonds. The van der Waals surface area contributed by atoms with Gasteiger partial charge in [-0.1, -0.05) is 12.1 Å². The molecule has 1 aromatic rings. The molecular weight excluding hydrogens is 300 g/mol. The molecular formula is C16H16N2O5. The van der Waals surface area contributed by atoms with E-state index < -0.39 is 17.8 Å². The number of nitrogens with zero attached hydrogens (tertiary/aromatic N) is 2. The number of hydrogen-bond acceptors (Lipinski definition) is 4. The average molecular weight is 316 g/mol. The lowest BCUT2D eigenvalue weighted by atomic mass is 10.1. The van der Waals surface area contributed by atoms with Crippen LogP contribution in [0, 0.1) is 0 Å². The van der Waals surface area contributed by atoms with Gasteiger partial charge in [-0.3, -0.25) is 24.1 Å². The number of rotatable bonds is 4. The molecule has 0 saturated carbocycles. The van der Waals surface area contributed by atoms with Gasteiger partial charge >= 0.3 is 5.97 Å². The Morgan fingerprint density at radius 2 is 1.74 bits per heavy atom. The molecule has 120 valence electrons. The minimum atomic E-state index is -0.963. The molecule has 0 aliphatic carbocycles. The SMILES string of the molecule is O=C(O)CC1CCCN1C(=O)CN1C(=O)c2ccccc2C1=O. The standard InChI is InChI=1S/C16H16N2O5/c19-13(17-7-3-4-10(17)8-14(20)21)9-18-15(22)11-5-1-2-6-12(11)16(18)23/h1-2,5-6,10H,3-4,7-9H2,(H,20,21). The molecule has 0 spiro atoms. The number of carbonyl (C=O) groups is 4. The van der Waals surface area contributed by atoms with Gasteiger partial charge in [-0.15, -0.1) is 0 Å². The Labute approximate surface area is 132 Å². The summed E-state index contributed by atoms with van der Waals surface area (Å²) >= 11 is 0. The Bertz CT molecular complexity index is 664. The predicted octanol–water partition coefficient (Wildman–Crippen LogP) is 0.748. The van der Waals surface area contributed by atoms with Crippen molar-refractivity contribution in [3.63, 3.8) is 0 Å². The lowest BCUT2D eigenvalue weighted by Gasteiger charge is -2.25. The van der Waals surface area contributed by atoms with E-state index in [4.69, 9.17) is 5.11 Å². The lowest BCUT2D eigenvalue weighted by molar-refractivity contribution is -0.140. The van der Waals surface area contributed by atoms with Crippen LogP contribution in [-0.2, 0) is 9.59 Å². The van der Waals surface area contributed by atoms with E-state index in [-0.39, 0.29) is 24.9 Å². The van der Waals surface area contributed by atoms with Crippen LogP contribution < -0.4 is 0 Å². The zero-order valence-electron chi connectivity index (χ0n) is 12.4.